The molecule has 14 heavy (non-hydrogen) atoms. The number of rotatable bonds is 6. The van der Waals surface area contributed by atoms with Gasteiger partial charge in [0.1, 0.15) is 6.04 Å². The number of nitrogens with one attached hydrogen (secondary N) is 1. The molecule has 0 radical (unpaired) electrons. The highest BCUT2D eigenvalue weighted by molar-refractivity contribution is 5.75. The molecule has 1 N–H and O–H groups in total. The van der Waals surface area contributed by atoms with Gasteiger partial charge in [0.2, 0.25) is 0 Å². The van der Waals surface area contributed by atoms with Crippen LogP contribution in [-0.2, 0) is 9.53 Å². The zero-order chi connectivity index (χ0) is 10.6. The average molecular weight is 199 g/mol. The van der Waals surface area contributed by atoms with Crippen LogP contribution in [0.4, 0.5) is 0 Å². The average Bonchev–Trinajstić information content (AvgIpc) is 2.95. The first-order valence-electron chi connectivity index (χ1n) is 5.53. The predicted molar refractivity (Wildman–Crippen MR) is 56.1 cm³/mol. The van der Waals surface area contributed by atoms with Crippen molar-refractivity contribution in [2.45, 2.75) is 46.1 Å². The van der Waals surface area contributed by atoms with Gasteiger partial charge in [0.15, 0.2) is 0 Å². The standard InChI is InChI=1S/C11H21NO2/c1-4-11(6-7-11)8-12-9(3)10(13)14-5-2/h9,12H,4-8H2,1-3H3. The SMILES string of the molecule is CCOC(=O)C(C)NCC1(CC)CC1. The van der Waals surface area contributed by atoms with Gasteiger partial charge in [-0.3, -0.25) is 4.79 Å². The third kappa shape index (κ3) is 2.98. The molecule has 1 rings (SSSR count). The van der Waals surface area contributed by atoms with Crippen molar-refractivity contribution in [2.75, 3.05) is 13.2 Å². The Hall–Kier alpha value is -0.570. The maximum absolute atomic E-state index is 11.3. The van der Waals surface area contributed by atoms with Gasteiger partial charge in [-0.05, 0) is 38.5 Å². The molecule has 1 atom stereocenters. The summed E-state index contributed by atoms with van der Waals surface area (Å²) in [6, 6.07) is -0.168. The van der Waals surface area contributed by atoms with Crippen LogP contribution in [0, 0.1) is 5.41 Å². The number of esters is 1. The van der Waals surface area contributed by atoms with Crippen LogP contribution in [0.1, 0.15) is 40.0 Å². The summed E-state index contributed by atoms with van der Waals surface area (Å²) in [5.74, 6) is -0.139. The summed E-state index contributed by atoms with van der Waals surface area (Å²) in [5.41, 5.74) is 0.487. The second-order valence-electron chi connectivity index (χ2n) is 4.21. The van der Waals surface area contributed by atoms with Crippen molar-refractivity contribution in [1.29, 1.82) is 0 Å². The first kappa shape index (κ1) is 11.5. The minimum Gasteiger partial charge on any atom is -0.465 e. The van der Waals surface area contributed by atoms with E-state index in [4.69, 9.17) is 4.74 Å². The summed E-state index contributed by atoms with van der Waals surface area (Å²) in [5, 5.41) is 3.25. The smallest absolute Gasteiger partial charge is 0.322 e. The Kier molecular flexibility index (Phi) is 3.93. The van der Waals surface area contributed by atoms with Crippen molar-refractivity contribution in [2.24, 2.45) is 5.41 Å². The number of hydrogen-bond donors (Lipinski definition) is 1. The maximum Gasteiger partial charge on any atom is 0.322 e. The normalized spacial score (nSPS) is 20.2. The predicted octanol–water partition coefficient (Wildman–Crippen LogP) is 1.72. The van der Waals surface area contributed by atoms with E-state index in [1.807, 2.05) is 13.8 Å². The van der Waals surface area contributed by atoms with E-state index < -0.39 is 0 Å². The largest absolute Gasteiger partial charge is 0.465 e. The van der Waals surface area contributed by atoms with Crippen LogP contribution in [0.25, 0.3) is 0 Å². The molecule has 0 heterocycles. The highest BCUT2D eigenvalue weighted by Crippen LogP contribution is 2.47. The van der Waals surface area contributed by atoms with E-state index in [1.54, 1.807) is 0 Å². The van der Waals surface area contributed by atoms with Gasteiger partial charge in [0, 0.05) is 6.54 Å². The number of carbonyl (C=O) groups is 1. The molecule has 0 saturated heterocycles. The van der Waals surface area contributed by atoms with Crippen LogP contribution < -0.4 is 5.32 Å². The first-order valence-corrected chi connectivity index (χ1v) is 5.53. The highest BCUT2D eigenvalue weighted by atomic mass is 16.5. The Bertz CT molecular complexity index is 199. The van der Waals surface area contributed by atoms with Gasteiger partial charge in [-0.15, -0.1) is 0 Å². The van der Waals surface area contributed by atoms with Gasteiger partial charge in [-0.1, -0.05) is 6.92 Å². The summed E-state index contributed by atoms with van der Waals surface area (Å²) >= 11 is 0. The molecule has 3 nitrogen and oxygen atoms in total. The Morgan fingerprint density at radius 1 is 1.50 bits per heavy atom. The molecular formula is C11H21NO2. The lowest BCUT2D eigenvalue weighted by Gasteiger charge is -2.17. The molecule has 1 fully saturated rings. The quantitative estimate of drug-likeness (QED) is 0.662. The molecule has 3 heteroatoms. The molecule has 0 spiro atoms. The second-order valence-corrected chi connectivity index (χ2v) is 4.21. The monoisotopic (exact) mass is 199 g/mol. The maximum atomic E-state index is 11.3. The lowest BCUT2D eigenvalue weighted by atomic mass is 10.0. The van der Waals surface area contributed by atoms with Gasteiger partial charge < -0.3 is 10.1 Å². The van der Waals surface area contributed by atoms with Crippen LogP contribution >= 0.6 is 0 Å². The van der Waals surface area contributed by atoms with Gasteiger partial charge >= 0.3 is 5.97 Å². The summed E-state index contributed by atoms with van der Waals surface area (Å²) < 4.78 is 4.92. The lowest BCUT2D eigenvalue weighted by molar-refractivity contribution is -0.145. The summed E-state index contributed by atoms with van der Waals surface area (Å²) in [6.07, 6.45) is 3.80. The van der Waals surface area contributed by atoms with Crippen molar-refractivity contribution >= 4 is 5.97 Å². The van der Waals surface area contributed by atoms with E-state index in [9.17, 15) is 4.79 Å². The summed E-state index contributed by atoms with van der Waals surface area (Å²) in [4.78, 5) is 11.3. The van der Waals surface area contributed by atoms with Crippen molar-refractivity contribution in [3.8, 4) is 0 Å². The first-order chi connectivity index (χ1) is 6.63. The molecule has 0 amide bonds. The molecule has 1 saturated carbocycles. The van der Waals surface area contributed by atoms with Gasteiger partial charge in [-0.2, -0.15) is 0 Å². The van der Waals surface area contributed by atoms with Crippen LogP contribution in [0.3, 0.4) is 0 Å². The fraction of sp³-hybridized carbons (Fsp3) is 0.909. The molecule has 0 aliphatic heterocycles. The molecule has 82 valence electrons. The molecule has 1 unspecified atom stereocenters. The minimum absolute atomic E-state index is 0.139. The molecule has 1 aliphatic rings. The van der Waals surface area contributed by atoms with Crippen LogP contribution in [-0.4, -0.2) is 25.2 Å². The van der Waals surface area contributed by atoms with Gasteiger partial charge in [0.25, 0.3) is 0 Å². The third-order valence-corrected chi connectivity index (χ3v) is 3.13. The van der Waals surface area contributed by atoms with Crippen LogP contribution in [0.2, 0.25) is 0 Å². The van der Waals surface area contributed by atoms with Gasteiger partial charge in [0.05, 0.1) is 6.61 Å². The van der Waals surface area contributed by atoms with E-state index in [2.05, 4.69) is 12.2 Å². The van der Waals surface area contributed by atoms with Crippen LogP contribution in [0.15, 0.2) is 0 Å². The lowest BCUT2D eigenvalue weighted by Crippen LogP contribution is -2.38. The Labute approximate surface area is 86.2 Å². The zero-order valence-corrected chi connectivity index (χ0v) is 9.43. The van der Waals surface area contributed by atoms with Crippen molar-refractivity contribution in [1.82, 2.24) is 5.32 Å². The van der Waals surface area contributed by atoms with Crippen molar-refractivity contribution in [3.05, 3.63) is 0 Å². The molecule has 0 aromatic heterocycles. The van der Waals surface area contributed by atoms with Gasteiger partial charge in [-0.25, -0.2) is 0 Å². The fourth-order valence-corrected chi connectivity index (χ4v) is 1.55. The third-order valence-electron chi connectivity index (χ3n) is 3.13. The second kappa shape index (κ2) is 4.78. The Morgan fingerprint density at radius 3 is 2.57 bits per heavy atom. The molecular weight excluding hydrogens is 178 g/mol. The van der Waals surface area contributed by atoms with E-state index in [0.717, 1.165) is 6.54 Å². The zero-order valence-electron chi connectivity index (χ0n) is 9.43. The van der Waals surface area contributed by atoms with E-state index in [-0.39, 0.29) is 12.0 Å². The highest BCUT2D eigenvalue weighted by Gasteiger charge is 2.40. The summed E-state index contributed by atoms with van der Waals surface area (Å²) in [6.45, 7) is 7.32. The van der Waals surface area contributed by atoms with E-state index in [1.165, 1.54) is 19.3 Å². The minimum atomic E-state index is -0.168. The van der Waals surface area contributed by atoms with Crippen LogP contribution in [0.5, 0.6) is 0 Å². The fourth-order valence-electron chi connectivity index (χ4n) is 1.55. The molecule has 0 aromatic rings. The number of hydrogen-bond acceptors (Lipinski definition) is 3. The molecule has 0 bridgehead atoms. The van der Waals surface area contributed by atoms with E-state index >= 15 is 0 Å². The van der Waals surface area contributed by atoms with Crippen molar-refractivity contribution in [3.63, 3.8) is 0 Å². The van der Waals surface area contributed by atoms with E-state index in [0.29, 0.717) is 12.0 Å². The molecule has 0 aromatic carbocycles. The number of ether oxygens (including phenoxy) is 1. The summed E-state index contributed by atoms with van der Waals surface area (Å²) in [7, 11) is 0. The Balaban J connectivity index is 2.20. The topological polar surface area (TPSA) is 38.3 Å². The number of carbonyl (C=O) groups excluding carboxylic acids is 1. The van der Waals surface area contributed by atoms with Crippen molar-refractivity contribution < 1.29 is 9.53 Å². The Morgan fingerprint density at radius 2 is 2.14 bits per heavy atom. The molecule has 1 aliphatic carbocycles.